The number of carbonyl (C=O) groups is 1. The number of aryl methyl sites for hydroxylation is 1. The summed E-state index contributed by atoms with van der Waals surface area (Å²) < 4.78 is 7.80. The molecule has 0 radical (unpaired) electrons. The van der Waals surface area contributed by atoms with Gasteiger partial charge in [0.25, 0.3) is 5.91 Å². The highest BCUT2D eigenvalue weighted by Gasteiger charge is 2.28. The van der Waals surface area contributed by atoms with Crippen LogP contribution in [0.3, 0.4) is 0 Å². The molecule has 1 aliphatic heterocycles. The van der Waals surface area contributed by atoms with Gasteiger partial charge in [-0.25, -0.2) is 4.98 Å². The van der Waals surface area contributed by atoms with E-state index in [9.17, 15) is 4.79 Å². The number of fused-ring (bicyclic) bond motifs is 1. The van der Waals surface area contributed by atoms with E-state index in [1.165, 1.54) is 12.8 Å². The Morgan fingerprint density at radius 1 is 1.38 bits per heavy atom. The molecule has 2 aromatic heterocycles. The van der Waals surface area contributed by atoms with Crippen molar-refractivity contribution in [1.29, 1.82) is 0 Å². The van der Waals surface area contributed by atoms with Crippen LogP contribution in [0.2, 0.25) is 0 Å². The molecule has 0 saturated heterocycles. The van der Waals surface area contributed by atoms with Crippen LogP contribution in [0.5, 0.6) is 0 Å². The third-order valence-corrected chi connectivity index (χ3v) is 4.99. The van der Waals surface area contributed by atoms with Gasteiger partial charge >= 0.3 is 0 Å². The minimum absolute atomic E-state index is 0.0517. The Morgan fingerprint density at radius 2 is 2.21 bits per heavy atom. The number of nitrogens with zero attached hydrogens (tertiary/aromatic N) is 3. The molecule has 24 heavy (non-hydrogen) atoms. The molecule has 1 atom stereocenters. The van der Waals surface area contributed by atoms with Crippen LogP contribution in [0, 0.1) is 12.8 Å². The third-order valence-electron chi connectivity index (χ3n) is 4.99. The maximum atomic E-state index is 12.3. The second-order valence-corrected chi connectivity index (χ2v) is 6.99. The summed E-state index contributed by atoms with van der Waals surface area (Å²) in [4.78, 5) is 19.2. The van der Waals surface area contributed by atoms with E-state index in [2.05, 4.69) is 26.7 Å². The van der Waals surface area contributed by atoms with E-state index in [0.717, 1.165) is 43.5 Å². The average molecular weight is 328 g/mol. The number of amides is 1. The van der Waals surface area contributed by atoms with Crippen LogP contribution in [0.4, 0.5) is 0 Å². The van der Waals surface area contributed by atoms with Gasteiger partial charge in [0.1, 0.15) is 23.0 Å². The van der Waals surface area contributed by atoms with E-state index in [0.29, 0.717) is 11.6 Å². The van der Waals surface area contributed by atoms with Crippen LogP contribution in [-0.2, 0) is 13.1 Å². The van der Waals surface area contributed by atoms with Crippen molar-refractivity contribution in [1.82, 2.24) is 19.8 Å². The predicted octanol–water partition coefficient (Wildman–Crippen LogP) is 2.50. The zero-order valence-corrected chi connectivity index (χ0v) is 14.3. The topological polar surface area (TPSA) is 63.3 Å². The Morgan fingerprint density at radius 3 is 2.92 bits per heavy atom. The number of nitrogens with one attached hydrogen (secondary N) is 1. The van der Waals surface area contributed by atoms with Crippen LogP contribution < -0.4 is 5.32 Å². The smallest absolute Gasteiger partial charge is 0.271 e. The van der Waals surface area contributed by atoms with Gasteiger partial charge in [0, 0.05) is 25.8 Å². The summed E-state index contributed by atoms with van der Waals surface area (Å²) in [7, 11) is 0. The molecule has 6 heteroatoms. The lowest BCUT2D eigenvalue weighted by atomic mass is 10.2. The molecule has 128 valence electrons. The standard InChI is InChI=1S/C18H24N4O2/c1-12-3-6-15(24-12)10-21-7-8-22-11-16(20-17(22)13(21)2)18(23)19-9-14-4-5-14/h3,6,11,13-14H,4-5,7-10H2,1-2H3,(H,19,23). The zero-order valence-electron chi connectivity index (χ0n) is 14.3. The number of hydrogen-bond donors (Lipinski definition) is 1. The van der Waals surface area contributed by atoms with Crippen molar-refractivity contribution in [3.05, 3.63) is 41.4 Å². The summed E-state index contributed by atoms with van der Waals surface area (Å²) in [6, 6.07) is 4.18. The molecular weight excluding hydrogens is 304 g/mol. The lowest BCUT2D eigenvalue weighted by Gasteiger charge is -2.32. The van der Waals surface area contributed by atoms with E-state index in [1.807, 2.05) is 25.3 Å². The number of furan rings is 1. The summed E-state index contributed by atoms with van der Waals surface area (Å²) >= 11 is 0. The molecule has 3 heterocycles. The molecule has 0 aromatic carbocycles. The predicted molar refractivity (Wildman–Crippen MR) is 89.6 cm³/mol. The Hall–Kier alpha value is -2.08. The Kier molecular flexibility index (Phi) is 3.92. The molecule has 1 N–H and O–H groups in total. The average Bonchev–Trinajstić information content (AvgIpc) is 3.14. The summed E-state index contributed by atoms with van der Waals surface area (Å²) in [5.41, 5.74) is 0.535. The van der Waals surface area contributed by atoms with Gasteiger partial charge in [-0.15, -0.1) is 0 Å². The normalized spacial score (nSPS) is 20.8. The highest BCUT2D eigenvalue weighted by molar-refractivity contribution is 5.92. The summed E-state index contributed by atoms with van der Waals surface area (Å²) in [6.07, 6.45) is 4.36. The minimum atomic E-state index is -0.0517. The molecule has 0 spiro atoms. The first-order valence-electron chi connectivity index (χ1n) is 8.75. The van der Waals surface area contributed by atoms with E-state index < -0.39 is 0 Å². The van der Waals surface area contributed by atoms with Crippen molar-refractivity contribution < 1.29 is 9.21 Å². The molecule has 6 nitrogen and oxygen atoms in total. The van der Waals surface area contributed by atoms with E-state index in [-0.39, 0.29) is 11.9 Å². The first-order chi connectivity index (χ1) is 11.6. The lowest BCUT2D eigenvalue weighted by molar-refractivity contribution is 0.0947. The van der Waals surface area contributed by atoms with Gasteiger partial charge in [0.2, 0.25) is 0 Å². The van der Waals surface area contributed by atoms with Crippen LogP contribution >= 0.6 is 0 Å². The molecule has 1 fully saturated rings. The van der Waals surface area contributed by atoms with Crippen LogP contribution in [-0.4, -0.2) is 33.4 Å². The third kappa shape index (κ3) is 3.11. The lowest BCUT2D eigenvalue weighted by Crippen LogP contribution is -2.36. The molecule has 1 amide bonds. The molecule has 0 bridgehead atoms. The van der Waals surface area contributed by atoms with Crippen LogP contribution in [0.25, 0.3) is 0 Å². The van der Waals surface area contributed by atoms with Gasteiger partial charge in [-0.1, -0.05) is 0 Å². The Balaban J connectivity index is 1.45. The van der Waals surface area contributed by atoms with Gasteiger partial charge < -0.3 is 14.3 Å². The van der Waals surface area contributed by atoms with Gasteiger partial charge in [-0.2, -0.15) is 0 Å². The van der Waals surface area contributed by atoms with Gasteiger partial charge in [0.15, 0.2) is 0 Å². The van der Waals surface area contributed by atoms with E-state index in [1.54, 1.807) is 0 Å². The number of rotatable bonds is 5. The maximum absolute atomic E-state index is 12.3. The summed E-state index contributed by atoms with van der Waals surface area (Å²) in [5.74, 6) is 3.50. The second-order valence-electron chi connectivity index (χ2n) is 6.99. The van der Waals surface area contributed by atoms with E-state index >= 15 is 0 Å². The van der Waals surface area contributed by atoms with Crippen molar-refractivity contribution in [2.75, 3.05) is 13.1 Å². The maximum Gasteiger partial charge on any atom is 0.271 e. The first kappa shape index (κ1) is 15.4. The van der Waals surface area contributed by atoms with Crippen molar-refractivity contribution in [2.24, 2.45) is 5.92 Å². The Labute approximate surface area is 141 Å². The molecule has 2 aromatic rings. The monoisotopic (exact) mass is 328 g/mol. The number of imidazole rings is 1. The number of aromatic nitrogens is 2. The quantitative estimate of drug-likeness (QED) is 0.916. The van der Waals surface area contributed by atoms with E-state index in [4.69, 9.17) is 4.42 Å². The molecule has 1 unspecified atom stereocenters. The first-order valence-corrected chi connectivity index (χ1v) is 8.75. The SMILES string of the molecule is Cc1ccc(CN2CCn3cc(C(=O)NCC4CC4)nc3C2C)o1. The molecule has 1 saturated carbocycles. The Bertz CT molecular complexity index is 744. The minimum Gasteiger partial charge on any atom is -0.465 e. The van der Waals surface area contributed by atoms with Gasteiger partial charge in [0.05, 0.1) is 12.6 Å². The highest BCUT2D eigenvalue weighted by atomic mass is 16.3. The molecule has 4 rings (SSSR count). The van der Waals surface area contributed by atoms with Crippen LogP contribution in [0.1, 0.15) is 53.6 Å². The number of hydrogen-bond acceptors (Lipinski definition) is 4. The highest BCUT2D eigenvalue weighted by Crippen LogP contribution is 2.28. The summed E-state index contributed by atoms with van der Waals surface area (Å²) in [5, 5.41) is 3.00. The number of carbonyl (C=O) groups excluding carboxylic acids is 1. The fourth-order valence-electron chi connectivity index (χ4n) is 3.28. The van der Waals surface area contributed by atoms with Crippen molar-refractivity contribution in [3.8, 4) is 0 Å². The van der Waals surface area contributed by atoms with Crippen molar-refractivity contribution >= 4 is 5.91 Å². The summed E-state index contributed by atoms with van der Waals surface area (Å²) in [6.45, 7) is 7.42. The second kappa shape index (κ2) is 6.09. The van der Waals surface area contributed by atoms with Gasteiger partial charge in [-0.05, 0) is 44.7 Å². The van der Waals surface area contributed by atoms with Crippen molar-refractivity contribution in [3.63, 3.8) is 0 Å². The largest absolute Gasteiger partial charge is 0.465 e. The molecular formula is C18H24N4O2. The fraction of sp³-hybridized carbons (Fsp3) is 0.556. The molecule has 1 aliphatic carbocycles. The van der Waals surface area contributed by atoms with Crippen LogP contribution in [0.15, 0.2) is 22.7 Å². The van der Waals surface area contributed by atoms with Gasteiger partial charge in [-0.3, -0.25) is 9.69 Å². The zero-order chi connectivity index (χ0) is 16.7. The molecule has 2 aliphatic rings. The fourth-order valence-corrected chi connectivity index (χ4v) is 3.28. The van der Waals surface area contributed by atoms with Crippen molar-refractivity contribution in [2.45, 2.75) is 45.8 Å².